The number of pyridine rings is 1. The molecule has 7 heteroatoms. The topological polar surface area (TPSA) is 37.4 Å². The molecule has 0 spiro atoms. The molecule has 0 aromatic carbocycles. The lowest BCUT2D eigenvalue weighted by Gasteiger charge is -2.33. The van der Waals surface area contributed by atoms with Crippen LogP contribution in [-0.2, 0) is 10.9 Å². The van der Waals surface area contributed by atoms with Gasteiger partial charge in [-0.05, 0) is 30.9 Å². The third-order valence-electron chi connectivity index (χ3n) is 3.64. The van der Waals surface area contributed by atoms with Crippen LogP contribution in [0.5, 0.6) is 0 Å². The van der Waals surface area contributed by atoms with Crippen molar-refractivity contribution in [1.29, 1.82) is 0 Å². The Hall–Kier alpha value is -1.50. The Labute approximate surface area is 122 Å². The highest BCUT2D eigenvalue weighted by atomic mass is 19.4. The standard InChI is InChI=1S/C14H20F3N3O/c1-18-12-6-11(14(15,16)17)7-13(19-12)20-5-3-4-10(8-20)9-21-2/h6-7,10H,3-5,8-9H2,1-2H3,(H,18,19). The minimum absolute atomic E-state index is 0.230. The highest BCUT2D eigenvalue weighted by Gasteiger charge is 2.32. The van der Waals surface area contributed by atoms with Crippen LogP contribution in [0.4, 0.5) is 24.8 Å². The summed E-state index contributed by atoms with van der Waals surface area (Å²) in [5.74, 6) is 0.932. The van der Waals surface area contributed by atoms with Gasteiger partial charge in [-0.1, -0.05) is 0 Å². The van der Waals surface area contributed by atoms with Crippen molar-refractivity contribution in [3.63, 3.8) is 0 Å². The van der Waals surface area contributed by atoms with Gasteiger partial charge >= 0.3 is 6.18 Å². The number of methoxy groups -OCH3 is 1. The van der Waals surface area contributed by atoms with Gasteiger partial charge in [0.2, 0.25) is 0 Å². The fourth-order valence-corrected chi connectivity index (χ4v) is 2.61. The van der Waals surface area contributed by atoms with Gasteiger partial charge < -0.3 is 15.0 Å². The third-order valence-corrected chi connectivity index (χ3v) is 3.64. The summed E-state index contributed by atoms with van der Waals surface area (Å²) < 4.78 is 44.0. The van der Waals surface area contributed by atoms with E-state index in [0.717, 1.165) is 31.5 Å². The normalized spacial score (nSPS) is 19.7. The number of hydrogen-bond donors (Lipinski definition) is 1. The quantitative estimate of drug-likeness (QED) is 0.928. The Morgan fingerprint density at radius 3 is 2.81 bits per heavy atom. The fraction of sp³-hybridized carbons (Fsp3) is 0.643. The second-order valence-electron chi connectivity index (χ2n) is 5.26. The van der Waals surface area contributed by atoms with Crippen LogP contribution < -0.4 is 10.2 Å². The molecule has 1 aliphatic heterocycles. The molecule has 21 heavy (non-hydrogen) atoms. The summed E-state index contributed by atoms with van der Waals surface area (Å²) in [6.07, 6.45) is -2.41. The van der Waals surface area contributed by atoms with E-state index in [-0.39, 0.29) is 5.82 Å². The van der Waals surface area contributed by atoms with Crippen molar-refractivity contribution in [1.82, 2.24) is 4.98 Å². The van der Waals surface area contributed by atoms with Gasteiger partial charge in [-0.3, -0.25) is 0 Å². The lowest BCUT2D eigenvalue weighted by atomic mass is 9.99. The molecule has 1 aliphatic rings. The molecule has 0 bridgehead atoms. The van der Waals surface area contributed by atoms with Gasteiger partial charge in [0.25, 0.3) is 0 Å². The molecule has 0 saturated carbocycles. The molecule has 1 N–H and O–H groups in total. The monoisotopic (exact) mass is 303 g/mol. The lowest BCUT2D eigenvalue weighted by Crippen LogP contribution is -2.37. The van der Waals surface area contributed by atoms with Crippen LogP contribution in [0.2, 0.25) is 0 Å². The van der Waals surface area contributed by atoms with Crippen molar-refractivity contribution in [3.8, 4) is 0 Å². The molecule has 0 aliphatic carbocycles. The number of alkyl halides is 3. The largest absolute Gasteiger partial charge is 0.416 e. The summed E-state index contributed by atoms with van der Waals surface area (Å²) in [5.41, 5.74) is -0.675. The predicted octanol–water partition coefficient (Wildman–Crippen LogP) is 3.00. The highest BCUT2D eigenvalue weighted by Crippen LogP contribution is 2.33. The smallest absolute Gasteiger partial charge is 0.384 e. The van der Waals surface area contributed by atoms with Crippen LogP contribution in [0, 0.1) is 5.92 Å². The SMILES string of the molecule is CNc1cc(C(F)(F)F)cc(N2CCCC(COC)C2)n1. The third kappa shape index (κ3) is 4.00. The summed E-state index contributed by atoms with van der Waals surface area (Å²) in [7, 11) is 3.21. The number of piperidine rings is 1. The molecule has 1 aromatic rings. The zero-order valence-corrected chi connectivity index (χ0v) is 12.2. The van der Waals surface area contributed by atoms with E-state index in [9.17, 15) is 13.2 Å². The van der Waals surface area contributed by atoms with Gasteiger partial charge in [0.05, 0.1) is 12.2 Å². The van der Waals surface area contributed by atoms with Crippen LogP contribution in [0.3, 0.4) is 0 Å². The van der Waals surface area contributed by atoms with Gasteiger partial charge in [0.1, 0.15) is 11.6 Å². The van der Waals surface area contributed by atoms with Crippen molar-refractivity contribution in [2.24, 2.45) is 5.92 Å². The predicted molar refractivity (Wildman–Crippen MR) is 75.6 cm³/mol. The molecule has 4 nitrogen and oxygen atoms in total. The Kier molecular flexibility index (Phi) is 4.92. The molecule has 2 rings (SSSR count). The summed E-state index contributed by atoms with van der Waals surface area (Å²) in [4.78, 5) is 6.16. The number of hydrogen-bond acceptors (Lipinski definition) is 4. The summed E-state index contributed by atoms with van der Waals surface area (Å²) in [5, 5.41) is 2.69. The molecular weight excluding hydrogens is 283 g/mol. The maximum atomic E-state index is 13.0. The van der Waals surface area contributed by atoms with E-state index < -0.39 is 11.7 Å². The number of nitrogens with zero attached hydrogens (tertiary/aromatic N) is 2. The summed E-state index contributed by atoms with van der Waals surface area (Å²) in [6, 6.07) is 2.15. The summed E-state index contributed by atoms with van der Waals surface area (Å²) >= 11 is 0. The van der Waals surface area contributed by atoms with Crippen LogP contribution in [0.25, 0.3) is 0 Å². The molecule has 1 aromatic heterocycles. The second kappa shape index (κ2) is 6.51. The Balaban J connectivity index is 2.25. The van der Waals surface area contributed by atoms with Crippen molar-refractivity contribution in [3.05, 3.63) is 17.7 Å². The molecule has 1 fully saturated rings. The van der Waals surface area contributed by atoms with E-state index in [1.54, 1.807) is 14.2 Å². The maximum Gasteiger partial charge on any atom is 0.416 e. The van der Waals surface area contributed by atoms with E-state index >= 15 is 0 Å². The van der Waals surface area contributed by atoms with E-state index in [1.165, 1.54) is 0 Å². The minimum Gasteiger partial charge on any atom is -0.384 e. The Morgan fingerprint density at radius 2 is 2.19 bits per heavy atom. The second-order valence-corrected chi connectivity index (χ2v) is 5.26. The molecule has 118 valence electrons. The first-order valence-corrected chi connectivity index (χ1v) is 6.95. The number of nitrogens with one attached hydrogen (secondary N) is 1. The van der Waals surface area contributed by atoms with Crippen LogP contribution in [0.1, 0.15) is 18.4 Å². The zero-order valence-electron chi connectivity index (χ0n) is 12.2. The zero-order chi connectivity index (χ0) is 15.5. The first-order valence-electron chi connectivity index (χ1n) is 6.95. The van der Waals surface area contributed by atoms with Crippen molar-refractivity contribution < 1.29 is 17.9 Å². The Bertz CT molecular complexity index is 477. The van der Waals surface area contributed by atoms with E-state index in [2.05, 4.69) is 10.3 Å². The van der Waals surface area contributed by atoms with Gasteiger partial charge in [-0.2, -0.15) is 13.2 Å². The number of halogens is 3. The first-order chi connectivity index (χ1) is 9.94. The number of anilines is 2. The summed E-state index contributed by atoms with van der Waals surface area (Å²) in [6.45, 7) is 2.01. The van der Waals surface area contributed by atoms with Gasteiger partial charge in [0, 0.05) is 27.2 Å². The lowest BCUT2D eigenvalue weighted by molar-refractivity contribution is -0.137. The number of ether oxygens (including phenoxy) is 1. The number of rotatable bonds is 4. The Morgan fingerprint density at radius 1 is 1.43 bits per heavy atom. The number of aromatic nitrogens is 1. The van der Waals surface area contributed by atoms with Crippen molar-refractivity contribution >= 4 is 11.6 Å². The molecule has 1 atom stereocenters. The average Bonchev–Trinajstić information content (AvgIpc) is 2.46. The van der Waals surface area contributed by atoms with Crippen molar-refractivity contribution in [2.45, 2.75) is 19.0 Å². The van der Waals surface area contributed by atoms with Crippen molar-refractivity contribution in [2.75, 3.05) is 44.1 Å². The highest BCUT2D eigenvalue weighted by molar-refractivity contribution is 5.51. The molecule has 1 unspecified atom stereocenters. The van der Waals surface area contributed by atoms with Gasteiger partial charge in [-0.15, -0.1) is 0 Å². The van der Waals surface area contributed by atoms with Crippen LogP contribution in [0.15, 0.2) is 12.1 Å². The molecular formula is C14H20F3N3O. The van der Waals surface area contributed by atoms with Gasteiger partial charge in [-0.25, -0.2) is 4.98 Å². The molecule has 0 amide bonds. The molecule has 1 saturated heterocycles. The molecule has 0 radical (unpaired) electrons. The van der Waals surface area contributed by atoms with Crippen LogP contribution in [-0.4, -0.2) is 38.8 Å². The maximum absolute atomic E-state index is 13.0. The first kappa shape index (κ1) is 15.9. The average molecular weight is 303 g/mol. The van der Waals surface area contributed by atoms with Crippen LogP contribution >= 0.6 is 0 Å². The minimum atomic E-state index is -4.37. The fourth-order valence-electron chi connectivity index (χ4n) is 2.61. The molecule has 2 heterocycles. The van der Waals surface area contributed by atoms with E-state index in [4.69, 9.17) is 4.74 Å². The van der Waals surface area contributed by atoms with Gasteiger partial charge in [0.15, 0.2) is 0 Å². The van der Waals surface area contributed by atoms with E-state index in [1.807, 2.05) is 4.90 Å². The van der Waals surface area contributed by atoms with E-state index in [0.29, 0.717) is 24.9 Å².